The number of rotatable bonds is 8. The second-order valence-corrected chi connectivity index (χ2v) is 7.56. The van der Waals surface area contributed by atoms with Crippen molar-refractivity contribution in [2.75, 3.05) is 40.4 Å². The fourth-order valence-corrected chi connectivity index (χ4v) is 3.55. The summed E-state index contributed by atoms with van der Waals surface area (Å²) < 4.78 is 10.7. The molecule has 1 aromatic heterocycles. The summed E-state index contributed by atoms with van der Waals surface area (Å²) in [7, 11) is 3.95. The number of hydrogen-bond acceptors (Lipinski definition) is 5. The van der Waals surface area contributed by atoms with Crippen LogP contribution in [0, 0.1) is 5.92 Å². The number of nitrogens with zero attached hydrogens (tertiary/aromatic N) is 4. The van der Waals surface area contributed by atoms with Gasteiger partial charge in [-0.15, -0.1) is 0 Å². The molecule has 0 radical (unpaired) electrons. The van der Waals surface area contributed by atoms with Gasteiger partial charge in [-0.05, 0) is 49.3 Å². The molecule has 0 saturated carbocycles. The smallest absolute Gasteiger partial charge is 0.257 e. The lowest BCUT2D eigenvalue weighted by atomic mass is 9.96. The zero-order valence-electron chi connectivity index (χ0n) is 17.9. The van der Waals surface area contributed by atoms with E-state index in [0.29, 0.717) is 5.89 Å². The second kappa shape index (κ2) is 11.0. The molecule has 0 unspecified atom stereocenters. The van der Waals surface area contributed by atoms with E-state index < -0.39 is 0 Å². The van der Waals surface area contributed by atoms with Crippen LogP contribution in [-0.4, -0.2) is 61.4 Å². The summed E-state index contributed by atoms with van der Waals surface area (Å²) in [5, 5.41) is 7.43. The molecule has 0 bridgehead atoms. The van der Waals surface area contributed by atoms with E-state index in [4.69, 9.17) is 9.26 Å². The molecule has 7 nitrogen and oxygen atoms in total. The lowest BCUT2D eigenvalue weighted by Crippen LogP contribution is -2.40. The van der Waals surface area contributed by atoms with E-state index in [1.807, 2.05) is 26.1 Å². The van der Waals surface area contributed by atoms with Gasteiger partial charge in [-0.25, -0.2) is 0 Å². The van der Waals surface area contributed by atoms with Crippen LogP contribution in [0.15, 0.2) is 33.8 Å². The number of aliphatic imine (C=N–C) groups is 1. The summed E-state index contributed by atoms with van der Waals surface area (Å²) in [5.74, 6) is 3.04. The third-order valence-corrected chi connectivity index (χ3v) is 5.47. The van der Waals surface area contributed by atoms with Crippen molar-refractivity contribution in [3.8, 4) is 11.5 Å². The van der Waals surface area contributed by atoms with E-state index in [1.54, 1.807) is 0 Å². The van der Waals surface area contributed by atoms with Crippen molar-refractivity contribution in [3.05, 3.63) is 35.7 Å². The van der Waals surface area contributed by atoms with Gasteiger partial charge in [0.15, 0.2) is 11.8 Å². The molecule has 1 saturated heterocycles. The summed E-state index contributed by atoms with van der Waals surface area (Å²) in [4.78, 5) is 11.0. The Morgan fingerprint density at radius 3 is 2.66 bits per heavy atom. The maximum absolute atomic E-state index is 5.45. The zero-order valence-corrected chi connectivity index (χ0v) is 17.9. The van der Waals surface area contributed by atoms with E-state index in [1.165, 1.54) is 24.8 Å². The molecule has 1 N–H and O–H groups in total. The topological polar surface area (TPSA) is 75.8 Å². The fourth-order valence-electron chi connectivity index (χ4n) is 3.55. The number of benzene rings is 1. The molecular weight excluding hydrogens is 366 g/mol. The minimum atomic E-state index is 0.582. The summed E-state index contributed by atoms with van der Waals surface area (Å²) in [5.41, 5.74) is 2.22. The first kappa shape index (κ1) is 21.3. The van der Waals surface area contributed by atoms with Gasteiger partial charge in [-0.3, -0.25) is 4.99 Å². The molecule has 0 amide bonds. The molecule has 3 rings (SSSR count). The average Bonchev–Trinajstić information content (AvgIpc) is 3.25. The highest BCUT2D eigenvalue weighted by atomic mass is 16.5. The van der Waals surface area contributed by atoms with Crippen molar-refractivity contribution in [1.82, 2.24) is 20.4 Å². The monoisotopic (exact) mass is 399 g/mol. The number of nitrogens with one attached hydrogen (secondary N) is 1. The zero-order chi connectivity index (χ0) is 20.5. The van der Waals surface area contributed by atoms with Crippen LogP contribution >= 0.6 is 0 Å². The van der Waals surface area contributed by atoms with Gasteiger partial charge in [0.25, 0.3) is 5.89 Å². The van der Waals surface area contributed by atoms with E-state index in [9.17, 15) is 0 Å². The lowest BCUT2D eigenvalue weighted by molar-refractivity contribution is 0.0625. The van der Waals surface area contributed by atoms with Crippen LogP contribution < -0.4 is 5.32 Å². The van der Waals surface area contributed by atoms with Crippen molar-refractivity contribution < 1.29 is 9.26 Å². The van der Waals surface area contributed by atoms with Gasteiger partial charge in [-0.2, -0.15) is 4.98 Å². The molecule has 2 aromatic rings. The third kappa shape index (κ3) is 6.29. The van der Waals surface area contributed by atoms with Crippen LogP contribution in [0.4, 0.5) is 0 Å². The molecule has 1 fully saturated rings. The van der Waals surface area contributed by atoms with Crippen molar-refractivity contribution in [2.24, 2.45) is 10.9 Å². The van der Waals surface area contributed by atoms with Gasteiger partial charge in [-0.1, -0.05) is 24.2 Å². The summed E-state index contributed by atoms with van der Waals surface area (Å²) in [6.45, 7) is 5.69. The minimum Gasteiger partial charge on any atom is -0.381 e. The highest BCUT2D eigenvalue weighted by molar-refractivity contribution is 5.79. The molecule has 158 valence electrons. The van der Waals surface area contributed by atoms with Gasteiger partial charge < -0.3 is 19.5 Å². The van der Waals surface area contributed by atoms with Crippen molar-refractivity contribution in [3.63, 3.8) is 0 Å². The molecular formula is C22H33N5O2. The number of hydrogen-bond donors (Lipinski definition) is 1. The number of aromatic nitrogens is 2. The van der Waals surface area contributed by atoms with Crippen LogP contribution in [0.5, 0.6) is 0 Å². The summed E-state index contributed by atoms with van der Waals surface area (Å²) in [6, 6.07) is 8.31. The Morgan fingerprint density at radius 2 is 2.00 bits per heavy atom. The molecule has 0 spiro atoms. The van der Waals surface area contributed by atoms with Gasteiger partial charge in [0, 0.05) is 52.4 Å². The van der Waals surface area contributed by atoms with Crippen molar-refractivity contribution in [1.29, 1.82) is 0 Å². The predicted molar refractivity (Wildman–Crippen MR) is 115 cm³/mol. The average molecular weight is 400 g/mol. The first-order valence-electron chi connectivity index (χ1n) is 10.6. The molecule has 29 heavy (non-hydrogen) atoms. The van der Waals surface area contributed by atoms with Crippen LogP contribution in [0.3, 0.4) is 0 Å². The van der Waals surface area contributed by atoms with Crippen molar-refractivity contribution >= 4 is 5.96 Å². The number of guanidine groups is 1. The van der Waals surface area contributed by atoms with Crippen LogP contribution in [0.1, 0.15) is 37.6 Å². The Morgan fingerprint density at radius 1 is 1.24 bits per heavy atom. The molecule has 1 aliphatic heterocycles. The standard InChI is InChI=1S/C22H33N5O2/c1-4-20-25-21(29-26-20)19-7-5-17(6-8-19)9-13-24-22(23-2)27(3)14-10-18-11-15-28-16-12-18/h5-8,18H,4,9-16H2,1-3H3,(H,23,24). The van der Waals surface area contributed by atoms with Crippen LogP contribution in [0.2, 0.25) is 0 Å². The normalized spacial score (nSPS) is 15.5. The van der Waals surface area contributed by atoms with E-state index in [2.05, 4.69) is 44.5 Å². The Kier molecular flexibility index (Phi) is 8.04. The van der Waals surface area contributed by atoms with E-state index >= 15 is 0 Å². The SMILES string of the molecule is CCc1noc(-c2ccc(CCNC(=NC)N(C)CCC3CCOCC3)cc2)n1. The van der Waals surface area contributed by atoms with E-state index in [0.717, 1.165) is 62.4 Å². The van der Waals surface area contributed by atoms with Gasteiger partial charge >= 0.3 is 0 Å². The van der Waals surface area contributed by atoms with Gasteiger partial charge in [0.05, 0.1) is 0 Å². The summed E-state index contributed by atoms with van der Waals surface area (Å²) in [6.07, 6.45) is 5.26. The Bertz CT molecular complexity index is 766. The number of aryl methyl sites for hydroxylation is 1. The highest BCUT2D eigenvalue weighted by Gasteiger charge is 2.15. The van der Waals surface area contributed by atoms with Crippen molar-refractivity contribution in [2.45, 2.75) is 39.0 Å². The first-order chi connectivity index (χ1) is 14.2. The molecule has 7 heteroatoms. The van der Waals surface area contributed by atoms with Crippen LogP contribution in [-0.2, 0) is 17.6 Å². The molecule has 1 aliphatic rings. The van der Waals surface area contributed by atoms with Gasteiger partial charge in [0.2, 0.25) is 0 Å². The second-order valence-electron chi connectivity index (χ2n) is 7.56. The minimum absolute atomic E-state index is 0.582. The summed E-state index contributed by atoms with van der Waals surface area (Å²) >= 11 is 0. The molecule has 1 aromatic carbocycles. The fraction of sp³-hybridized carbons (Fsp3) is 0.591. The van der Waals surface area contributed by atoms with Gasteiger partial charge in [0.1, 0.15) is 0 Å². The Balaban J connectivity index is 1.42. The Hall–Kier alpha value is -2.41. The van der Waals surface area contributed by atoms with Crippen LogP contribution in [0.25, 0.3) is 11.5 Å². The Labute approximate surface area is 173 Å². The maximum Gasteiger partial charge on any atom is 0.257 e. The number of ether oxygens (including phenoxy) is 1. The first-order valence-corrected chi connectivity index (χ1v) is 10.6. The molecule has 0 atom stereocenters. The quantitative estimate of drug-likeness (QED) is 0.543. The largest absolute Gasteiger partial charge is 0.381 e. The molecule has 2 heterocycles. The van der Waals surface area contributed by atoms with E-state index in [-0.39, 0.29) is 0 Å². The predicted octanol–water partition coefficient (Wildman–Crippen LogP) is 3.17. The third-order valence-electron chi connectivity index (χ3n) is 5.47. The lowest BCUT2D eigenvalue weighted by Gasteiger charge is -2.26. The maximum atomic E-state index is 5.45. The highest BCUT2D eigenvalue weighted by Crippen LogP contribution is 2.19. The molecule has 0 aliphatic carbocycles.